The quantitative estimate of drug-likeness (QED) is 0.851. The van der Waals surface area contributed by atoms with E-state index in [4.69, 9.17) is 13.7 Å². The maximum atomic E-state index is 12.3. The number of nitrogens with one attached hydrogen (secondary N) is 1. The van der Waals surface area contributed by atoms with Crippen molar-refractivity contribution < 1.29 is 23.3 Å². The van der Waals surface area contributed by atoms with Gasteiger partial charge in [0, 0.05) is 11.6 Å². The Morgan fingerprint density at radius 3 is 2.43 bits per heavy atom. The van der Waals surface area contributed by atoms with E-state index in [1.165, 1.54) is 0 Å². The van der Waals surface area contributed by atoms with E-state index in [1.807, 2.05) is 0 Å². The molecular weight excluding hydrogens is 300 g/mol. The Balaban J connectivity index is 2.09. The molecule has 23 heavy (non-hydrogen) atoms. The lowest BCUT2D eigenvalue weighted by Crippen LogP contribution is -2.32. The van der Waals surface area contributed by atoms with Crippen LogP contribution in [0.1, 0.15) is 46.5 Å². The molecule has 2 aromatic heterocycles. The van der Waals surface area contributed by atoms with Crippen molar-refractivity contribution in [3.63, 3.8) is 0 Å². The van der Waals surface area contributed by atoms with E-state index in [0.717, 1.165) is 5.56 Å². The predicted molar refractivity (Wildman–Crippen MR) is 82.3 cm³/mol. The molecule has 1 N–H and O–H groups in total. The van der Waals surface area contributed by atoms with Crippen LogP contribution in [-0.4, -0.2) is 23.1 Å². The molecule has 124 valence electrons. The van der Waals surface area contributed by atoms with Gasteiger partial charge in [-0.1, -0.05) is 12.1 Å². The molecule has 2 aromatic rings. The molecule has 0 saturated heterocycles. The van der Waals surface area contributed by atoms with E-state index in [-0.39, 0.29) is 5.82 Å². The molecule has 1 amide bonds. The van der Waals surface area contributed by atoms with E-state index in [2.05, 4.69) is 10.5 Å². The smallest absolute Gasteiger partial charge is 0.342 e. The number of carbonyl (C=O) groups excluding carboxylic acids is 2. The van der Waals surface area contributed by atoms with E-state index < -0.39 is 18.0 Å². The molecule has 0 aliphatic heterocycles. The monoisotopic (exact) mass is 320 g/mol. The third-order valence-corrected chi connectivity index (χ3v) is 3.56. The number of anilines is 1. The molecule has 0 aliphatic carbocycles. The van der Waals surface area contributed by atoms with Gasteiger partial charge in [0.05, 0.1) is 0 Å². The highest BCUT2D eigenvalue weighted by atomic mass is 16.5. The van der Waals surface area contributed by atoms with Crippen molar-refractivity contribution in [2.45, 2.75) is 47.1 Å². The Bertz CT molecular complexity index is 729. The van der Waals surface area contributed by atoms with E-state index in [0.29, 0.717) is 29.3 Å². The maximum Gasteiger partial charge on any atom is 0.342 e. The Hall–Kier alpha value is -2.57. The molecule has 0 saturated carbocycles. The molecule has 1 atom stereocenters. The fourth-order valence-corrected chi connectivity index (χ4v) is 2.24. The minimum Gasteiger partial charge on any atom is -0.465 e. The summed E-state index contributed by atoms with van der Waals surface area (Å²) in [5.41, 5.74) is 1.08. The van der Waals surface area contributed by atoms with Gasteiger partial charge in [0.15, 0.2) is 11.9 Å². The zero-order valence-electron chi connectivity index (χ0n) is 13.9. The standard InChI is InChI=1S/C16H20N2O5/c1-6-12(15(19)17-13-7-8(2)23-18-13)22-16(20)14-9(3)10(4)21-11(14)5/h7,12H,6H2,1-5H3,(H,17,18,19). The van der Waals surface area contributed by atoms with Crippen LogP contribution >= 0.6 is 0 Å². The third-order valence-electron chi connectivity index (χ3n) is 3.56. The van der Waals surface area contributed by atoms with Crippen molar-refractivity contribution in [1.29, 1.82) is 0 Å². The Kier molecular flexibility index (Phi) is 4.88. The highest BCUT2D eigenvalue weighted by molar-refractivity contribution is 5.98. The number of aryl methyl sites for hydroxylation is 3. The van der Waals surface area contributed by atoms with Gasteiger partial charge in [-0.15, -0.1) is 0 Å². The number of aromatic nitrogens is 1. The molecule has 0 aliphatic rings. The maximum absolute atomic E-state index is 12.3. The average molecular weight is 320 g/mol. The van der Waals surface area contributed by atoms with Crippen molar-refractivity contribution in [3.8, 4) is 0 Å². The SMILES string of the molecule is CCC(OC(=O)c1c(C)oc(C)c1C)C(=O)Nc1cc(C)on1. The van der Waals surface area contributed by atoms with E-state index >= 15 is 0 Å². The van der Waals surface area contributed by atoms with Gasteiger partial charge < -0.3 is 19.0 Å². The second-order valence-corrected chi connectivity index (χ2v) is 5.33. The van der Waals surface area contributed by atoms with Gasteiger partial charge in [-0.05, 0) is 34.1 Å². The van der Waals surface area contributed by atoms with Gasteiger partial charge in [-0.25, -0.2) is 4.79 Å². The second-order valence-electron chi connectivity index (χ2n) is 5.33. The van der Waals surface area contributed by atoms with Crippen LogP contribution in [0, 0.1) is 27.7 Å². The zero-order valence-corrected chi connectivity index (χ0v) is 13.9. The number of ether oxygens (including phenoxy) is 1. The molecule has 1 unspecified atom stereocenters. The number of hydrogen-bond donors (Lipinski definition) is 1. The Labute approximate surface area is 134 Å². The van der Waals surface area contributed by atoms with Gasteiger partial charge in [0.1, 0.15) is 22.8 Å². The van der Waals surface area contributed by atoms with Crippen LogP contribution in [-0.2, 0) is 9.53 Å². The van der Waals surface area contributed by atoms with Gasteiger partial charge in [0.2, 0.25) is 0 Å². The van der Waals surface area contributed by atoms with Crippen molar-refractivity contribution in [3.05, 3.63) is 34.5 Å². The van der Waals surface area contributed by atoms with Crippen LogP contribution in [0.4, 0.5) is 5.82 Å². The largest absolute Gasteiger partial charge is 0.465 e. The van der Waals surface area contributed by atoms with Crippen LogP contribution < -0.4 is 5.32 Å². The summed E-state index contributed by atoms with van der Waals surface area (Å²) >= 11 is 0. The number of amides is 1. The first-order chi connectivity index (χ1) is 10.8. The van der Waals surface area contributed by atoms with E-state index in [9.17, 15) is 9.59 Å². The predicted octanol–water partition coefficient (Wildman–Crippen LogP) is 3.08. The summed E-state index contributed by atoms with van der Waals surface area (Å²) in [5, 5.41) is 6.24. The topological polar surface area (TPSA) is 94.6 Å². The fraction of sp³-hybridized carbons (Fsp3) is 0.438. The molecule has 0 spiro atoms. The molecule has 2 heterocycles. The number of furan rings is 1. The minimum absolute atomic E-state index is 0.286. The minimum atomic E-state index is -0.923. The van der Waals surface area contributed by atoms with Crippen LogP contribution in [0.2, 0.25) is 0 Å². The average Bonchev–Trinajstić information content (AvgIpc) is 2.99. The lowest BCUT2D eigenvalue weighted by atomic mass is 10.1. The molecule has 0 fully saturated rings. The number of nitrogens with zero attached hydrogens (tertiary/aromatic N) is 1. The van der Waals surface area contributed by atoms with Gasteiger partial charge in [0.25, 0.3) is 5.91 Å². The summed E-state index contributed by atoms with van der Waals surface area (Å²) in [6, 6.07) is 1.58. The first kappa shape index (κ1) is 16.8. The van der Waals surface area contributed by atoms with Crippen molar-refractivity contribution in [1.82, 2.24) is 5.16 Å². The lowest BCUT2D eigenvalue weighted by Gasteiger charge is -2.15. The first-order valence-corrected chi connectivity index (χ1v) is 7.35. The van der Waals surface area contributed by atoms with Crippen LogP contribution in [0.25, 0.3) is 0 Å². The summed E-state index contributed by atoms with van der Waals surface area (Å²) in [5.74, 6) is 0.969. The highest BCUT2D eigenvalue weighted by Crippen LogP contribution is 2.22. The Morgan fingerprint density at radius 2 is 1.96 bits per heavy atom. The number of hydrogen-bond acceptors (Lipinski definition) is 6. The van der Waals surface area contributed by atoms with Crippen molar-refractivity contribution in [2.24, 2.45) is 0 Å². The molecule has 0 aromatic carbocycles. The van der Waals surface area contributed by atoms with Crippen LogP contribution in [0.15, 0.2) is 15.0 Å². The summed E-state index contributed by atoms with van der Waals surface area (Å²) in [7, 11) is 0. The summed E-state index contributed by atoms with van der Waals surface area (Å²) in [4.78, 5) is 24.5. The van der Waals surface area contributed by atoms with Gasteiger partial charge in [-0.3, -0.25) is 4.79 Å². The number of carbonyl (C=O) groups is 2. The Morgan fingerprint density at radius 1 is 1.26 bits per heavy atom. The van der Waals surface area contributed by atoms with Crippen LogP contribution in [0.3, 0.4) is 0 Å². The third kappa shape index (κ3) is 3.61. The molecule has 2 rings (SSSR count). The molecular formula is C16H20N2O5. The van der Waals surface area contributed by atoms with Gasteiger partial charge >= 0.3 is 5.97 Å². The number of esters is 1. The summed E-state index contributed by atoms with van der Waals surface area (Å²) in [6.45, 7) is 8.71. The zero-order chi connectivity index (χ0) is 17.1. The molecule has 7 nitrogen and oxygen atoms in total. The lowest BCUT2D eigenvalue weighted by molar-refractivity contribution is -0.124. The summed E-state index contributed by atoms with van der Waals surface area (Å²) in [6.07, 6.45) is -0.586. The first-order valence-electron chi connectivity index (χ1n) is 7.35. The highest BCUT2D eigenvalue weighted by Gasteiger charge is 2.26. The molecule has 0 radical (unpaired) electrons. The van der Waals surface area contributed by atoms with Crippen molar-refractivity contribution in [2.75, 3.05) is 5.32 Å². The normalized spacial score (nSPS) is 12.0. The van der Waals surface area contributed by atoms with Gasteiger partial charge in [-0.2, -0.15) is 0 Å². The molecule has 0 bridgehead atoms. The number of rotatable bonds is 5. The second kappa shape index (κ2) is 6.68. The van der Waals surface area contributed by atoms with Crippen LogP contribution in [0.5, 0.6) is 0 Å². The summed E-state index contributed by atoms with van der Waals surface area (Å²) < 4.78 is 15.6. The fourth-order valence-electron chi connectivity index (χ4n) is 2.24. The molecule has 7 heteroatoms. The van der Waals surface area contributed by atoms with Crippen molar-refractivity contribution >= 4 is 17.7 Å². The van der Waals surface area contributed by atoms with E-state index in [1.54, 1.807) is 40.7 Å².